The first-order valence-corrected chi connectivity index (χ1v) is 11.9. The van der Waals surface area contributed by atoms with Crippen LogP contribution in [-0.4, -0.2) is 20.5 Å². The SMILES string of the molecule is CC[C@H](C)n1cc(/C=C2\SC(=Nc3ccccc3)N(Cc3ccco3)C2=O)c2ccccc21. The van der Waals surface area contributed by atoms with Crippen molar-refractivity contribution in [1.29, 1.82) is 0 Å². The van der Waals surface area contributed by atoms with Crippen LogP contribution >= 0.6 is 11.8 Å². The second-order valence-corrected chi connectivity index (χ2v) is 9.09. The van der Waals surface area contributed by atoms with Crippen molar-refractivity contribution in [2.24, 2.45) is 4.99 Å². The number of fused-ring (bicyclic) bond motifs is 1. The first-order valence-electron chi connectivity index (χ1n) is 11.1. The van der Waals surface area contributed by atoms with Gasteiger partial charge in [-0.1, -0.05) is 43.3 Å². The van der Waals surface area contributed by atoms with E-state index in [4.69, 9.17) is 9.41 Å². The number of nitrogens with zero attached hydrogens (tertiary/aromatic N) is 3. The molecule has 0 N–H and O–H groups in total. The average Bonchev–Trinajstić information content (AvgIpc) is 3.56. The molecular weight excluding hydrogens is 430 g/mol. The largest absolute Gasteiger partial charge is 0.467 e. The molecule has 0 saturated carbocycles. The number of furan rings is 1. The maximum absolute atomic E-state index is 13.5. The zero-order valence-corrected chi connectivity index (χ0v) is 19.5. The van der Waals surface area contributed by atoms with Crippen molar-refractivity contribution in [3.63, 3.8) is 0 Å². The van der Waals surface area contributed by atoms with Crippen LogP contribution in [0.25, 0.3) is 17.0 Å². The molecule has 166 valence electrons. The fourth-order valence-corrected chi connectivity index (χ4v) is 4.94. The van der Waals surface area contributed by atoms with Gasteiger partial charge in [0.15, 0.2) is 5.17 Å². The van der Waals surface area contributed by atoms with Gasteiger partial charge in [0.2, 0.25) is 0 Å². The van der Waals surface area contributed by atoms with E-state index in [1.54, 1.807) is 11.2 Å². The second kappa shape index (κ2) is 9.16. The Morgan fingerprint density at radius 1 is 1.06 bits per heavy atom. The quantitative estimate of drug-likeness (QED) is 0.294. The lowest BCUT2D eigenvalue weighted by atomic mass is 10.1. The Morgan fingerprint density at radius 3 is 2.61 bits per heavy atom. The summed E-state index contributed by atoms with van der Waals surface area (Å²) in [6.07, 6.45) is 6.81. The summed E-state index contributed by atoms with van der Waals surface area (Å²) >= 11 is 1.41. The lowest BCUT2D eigenvalue weighted by Gasteiger charge is -2.13. The van der Waals surface area contributed by atoms with Gasteiger partial charge in [0.1, 0.15) is 5.76 Å². The summed E-state index contributed by atoms with van der Waals surface area (Å²) in [4.78, 5) is 20.6. The number of aromatic nitrogens is 1. The molecule has 0 radical (unpaired) electrons. The molecule has 3 heterocycles. The van der Waals surface area contributed by atoms with E-state index in [1.165, 1.54) is 17.3 Å². The van der Waals surface area contributed by atoms with Crippen LogP contribution in [0.4, 0.5) is 5.69 Å². The summed E-state index contributed by atoms with van der Waals surface area (Å²) in [5.41, 5.74) is 3.03. The van der Waals surface area contributed by atoms with Crippen molar-refractivity contribution in [3.05, 3.63) is 95.4 Å². The van der Waals surface area contributed by atoms with Crippen LogP contribution in [-0.2, 0) is 11.3 Å². The number of hydrogen-bond acceptors (Lipinski definition) is 4. The lowest BCUT2D eigenvalue weighted by molar-refractivity contribution is -0.122. The molecular formula is C27H25N3O2S. The Kier molecular flexibility index (Phi) is 5.92. The van der Waals surface area contributed by atoms with E-state index in [0.717, 1.165) is 28.8 Å². The molecule has 5 rings (SSSR count). The zero-order chi connectivity index (χ0) is 22.8. The lowest BCUT2D eigenvalue weighted by Crippen LogP contribution is -2.28. The highest BCUT2D eigenvalue weighted by Gasteiger charge is 2.34. The van der Waals surface area contributed by atoms with Crippen LogP contribution < -0.4 is 0 Å². The Labute approximate surface area is 197 Å². The van der Waals surface area contributed by atoms with Crippen LogP contribution in [0.1, 0.15) is 37.6 Å². The standard InChI is InChI=1S/C27H25N3O2S/c1-3-19(2)29-17-20(23-13-7-8-14-24(23)29)16-25-26(31)30(18-22-12-9-15-32-22)27(33-25)28-21-10-5-4-6-11-21/h4-17,19H,3,18H2,1-2H3/b25-16-,28-27?/t19-/m0/s1. The number of hydrogen-bond donors (Lipinski definition) is 0. The van der Waals surface area contributed by atoms with E-state index in [-0.39, 0.29) is 5.91 Å². The van der Waals surface area contributed by atoms with Crippen LogP contribution in [0.15, 0.2) is 93.5 Å². The number of amidine groups is 1. The molecule has 4 aromatic rings. The number of thioether (sulfide) groups is 1. The van der Waals surface area contributed by atoms with Gasteiger partial charge in [-0.15, -0.1) is 0 Å². The maximum atomic E-state index is 13.5. The van der Waals surface area contributed by atoms with Crippen molar-refractivity contribution in [2.45, 2.75) is 32.9 Å². The summed E-state index contributed by atoms with van der Waals surface area (Å²) < 4.78 is 7.81. The first kappa shape index (κ1) is 21.3. The smallest absolute Gasteiger partial charge is 0.267 e. The van der Waals surface area contributed by atoms with Gasteiger partial charge in [-0.25, -0.2) is 4.99 Å². The molecule has 0 bridgehead atoms. The minimum atomic E-state index is -0.0635. The first-order chi connectivity index (χ1) is 16.1. The number of aliphatic imine (C=N–C) groups is 1. The molecule has 1 aliphatic rings. The Morgan fingerprint density at radius 2 is 1.85 bits per heavy atom. The topological polar surface area (TPSA) is 50.7 Å². The molecule has 1 fully saturated rings. The molecule has 1 aliphatic heterocycles. The maximum Gasteiger partial charge on any atom is 0.267 e. The van der Waals surface area contributed by atoms with E-state index < -0.39 is 0 Å². The van der Waals surface area contributed by atoms with E-state index in [0.29, 0.717) is 22.7 Å². The molecule has 6 heteroatoms. The fraction of sp³-hybridized carbons (Fsp3) is 0.185. The highest BCUT2D eigenvalue weighted by molar-refractivity contribution is 8.18. The van der Waals surface area contributed by atoms with Crippen LogP contribution in [0.5, 0.6) is 0 Å². The third kappa shape index (κ3) is 4.26. The second-order valence-electron chi connectivity index (χ2n) is 8.08. The minimum Gasteiger partial charge on any atom is -0.467 e. The van der Waals surface area contributed by atoms with Crippen molar-refractivity contribution in [1.82, 2.24) is 9.47 Å². The number of para-hydroxylation sites is 2. The van der Waals surface area contributed by atoms with Gasteiger partial charge in [0.05, 0.1) is 23.4 Å². The Hall–Kier alpha value is -3.51. The summed E-state index contributed by atoms with van der Waals surface area (Å²) in [6.45, 7) is 4.75. The predicted molar refractivity (Wildman–Crippen MR) is 135 cm³/mol. The molecule has 0 unspecified atom stereocenters. The summed E-state index contributed by atoms with van der Waals surface area (Å²) in [5, 5.41) is 1.80. The molecule has 5 nitrogen and oxygen atoms in total. The van der Waals surface area contributed by atoms with Gasteiger partial charge in [0.25, 0.3) is 5.91 Å². The molecule has 0 spiro atoms. The predicted octanol–water partition coefficient (Wildman–Crippen LogP) is 7.01. The third-order valence-electron chi connectivity index (χ3n) is 5.89. The Balaban J connectivity index is 1.56. The molecule has 1 amide bonds. The van der Waals surface area contributed by atoms with Crippen LogP contribution in [0.3, 0.4) is 0 Å². The zero-order valence-electron chi connectivity index (χ0n) is 18.6. The van der Waals surface area contributed by atoms with Gasteiger partial charge >= 0.3 is 0 Å². The molecule has 2 aromatic carbocycles. The van der Waals surface area contributed by atoms with E-state index in [9.17, 15) is 4.79 Å². The molecule has 1 atom stereocenters. The molecule has 2 aromatic heterocycles. The van der Waals surface area contributed by atoms with Crippen LogP contribution in [0.2, 0.25) is 0 Å². The highest BCUT2D eigenvalue weighted by atomic mass is 32.2. The van der Waals surface area contributed by atoms with Gasteiger partial charge in [-0.3, -0.25) is 9.69 Å². The summed E-state index contributed by atoms with van der Waals surface area (Å²) in [5.74, 6) is 0.658. The van der Waals surface area contributed by atoms with Crippen molar-refractivity contribution in [3.8, 4) is 0 Å². The van der Waals surface area contributed by atoms with Crippen molar-refractivity contribution in [2.75, 3.05) is 0 Å². The normalized spacial score (nSPS) is 17.5. The van der Waals surface area contributed by atoms with Gasteiger partial charge in [0, 0.05) is 28.7 Å². The number of rotatable bonds is 6. The van der Waals surface area contributed by atoms with Gasteiger partial charge in [-0.2, -0.15) is 0 Å². The third-order valence-corrected chi connectivity index (χ3v) is 6.89. The monoisotopic (exact) mass is 455 g/mol. The van der Waals surface area contributed by atoms with Crippen LogP contribution in [0, 0.1) is 0 Å². The summed E-state index contributed by atoms with van der Waals surface area (Å²) in [7, 11) is 0. The van der Waals surface area contributed by atoms with Gasteiger partial charge in [-0.05, 0) is 61.5 Å². The van der Waals surface area contributed by atoms with E-state index >= 15 is 0 Å². The Bertz CT molecular complexity index is 1340. The van der Waals surface area contributed by atoms with E-state index in [1.807, 2.05) is 54.6 Å². The molecule has 0 aliphatic carbocycles. The summed E-state index contributed by atoms with van der Waals surface area (Å²) in [6, 6.07) is 22.1. The highest BCUT2D eigenvalue weighted by Crippen LogP contribution is 2.37. The van der Waals surface area contributed by atoms with Crippen molar-refractivity contribution < 1.29 is 9.21 Å². The minimum absolute atomic E-state index is 0.0635. The number of carbonyl (C=O) groups is 1. The van der Waals surface area contributed by atoms with Crippen molar-refractivity contribution >= 4 is 45.5 Å². The van der Waals surface area contributed by atoms with E-state index in [2.05, 4.69) is 42.8 Å². The molecule has 33 heavy (non-hydrogen) atoms. The number of carbonyl (C=O) groups excluding carboxylic acids is 1. The number of benzene rings is 2. The fourth-order valence-electron chi connectivity index (χ4n) is 3.95. The van der Waals surface area contributed by atoms with Gasteiger partial charge < -0.3 is 8.98 Å². The average molecular weight is 456 g/mol. The number of amides is 1. The molecule has 1 saturated heterocycles.